The van der Waals surface area contributed by atoms with Gasteiger partial charge in [0.1, 0.15) is 6.04 Å². The number of hydrogen-bond acceptors (Lipinski definition) is 4. The third kappa shape index (κ3) is 4.35. The van der Waals surface area contributed by atoms with Gasteiger partial charge in [-0.25, -0.2) is 4.79 Å². The molecule has 1 unspecified atom stereocenters. The lowest BCUT2D eigenvalue weighted by molar-refractivity contribution is -0.147. The molecule has 4 nitrogen and oxygen atoms in total. The summed E-state index contributed by atoms with van der Waals surface area (Å²) >= 11 is 0. The van der Waals surface area contributed by atoms with Crippen molar-refractivity contribution in [1.29, 1.82) is 0 Å². The van der Waals surface area contributed by atoms with E-state index in [1.54, 1.807) is 0 Å². The average Bonchev–Trinajstić information content (AvgIpc) is 2.42. The largest absolute Gasteiger partial charge is 0.468 e. The minimum absolute atomic E-state index is 0. The molecule has 1 fully saturated rings. The number of piperazine rings is 1. The second-order valence-electron chi connectivity index (χ2n) is 4.57. The lowest BCUT2D eigenvalue weighted by atomic mass is 9.99. The topological polar surface area (TPSA) is 41.6 Å². The van der Waals surface area contributed by atoms with Gasteiger partial charge in [-0.3, -0.25) is 4.90 Å². The van der Waals surface area contributed by atoms with E-state index in [2.05, 4.69) is 10.2 Å². The highest BCUT2D eigenvalue weighted by molar-refractivity contribution is 5.85. The van der Waals surface area contributed by atoms with Gasteiger partial charge in [-0.2, -0.15) is 0 Å². The molecule has 0 aliphatic carbocycles. The van der Waals surface area contributed by atoms with Gasteiger partial charge in [-0.15, -0.1) is 24.8 Å². The second-order valence-corrected chi connectivity index (χ2v) is 4.57. The van der Waals surface area contributed by atoms with Gasteiger partial charge in [0, 0.05) is 26.2 Å². The van der Waals surface area contributed by atoms with Crippen molar-refractivity contribution in [1.82, 2.24) is 10.2 Å². The lowest BCUT2D eigenvalue weighted by Crippen LogP contribution is -2.47. The van der Waals surface area contributed by atoms with E-state index in [4.69, 9.17) is 4.74 Å². The van der Waals surface area contributed by atoms with Crippen molar-refractivity contribution in [3.05, 3.63) is 35.4 Å². The van der Waals surface area contributed by atoms with E-state index in [1.165, 1.54) is 7.11 Å². The molecular weight excluding hydrogens is 299 g/mol. The average molecular weight is 321 g/mol. The first-order valence-electron chi connectivity index (χ1n) is 6.32. The normalized spacial score (nSPS) is 16.5. The minimum Gasteiger partial charge on any atom is -0.468 e. The maximum atomic E-state index is 12.1. The van der Waals surface area contributed by atoms with Gasteiger partial charge < -0.3 is 10.1 Å². The zero-order valence-electron chi connectivity index (χ0n) is 11.8. The van der Waals surface area contributed by atoms with Crippen LogP contribution in [0.15, 0.2) is 24.3 Å². The summed E-state index contributed by atoms with van der Waals surface area (Å²) in [5, 5.41) is 3.30. The van der Waals surface area contributed by atoms with Gasteiger partial charge in [-0.1, -0.05) is 24.3 Å². The summed E-state index contributed by atoms with van der Waals surface area (Å²) in [5.74, 6) is -0.175. The summed E-state index contributed by atoms with van der Waals surface area (Å²) in [7, 11) is 1.45. The third-order valence-corrected chi connectivity index (χ3v) is 3.42. The maximum Gasteiger partial charge on any atom is 0.327 e. The predicted molar refractivity (Wildman–Crippen MR) is 84.9 cm³/mol. The number of hydrogen-bond donors (Lipinski definition) is 1. The number of carbonyl (C=O) groups is 1. The number of ether oxygens (including phenoxy) is 1. The molecule has 0 spiro atoms. The number of rotatable bonds is 3. The van der Waals surface area contributed by atoms with Crippen LogP contribution in [0.5, 0.6) is 0 Å². The van der Waals surface area contributed by atoms with Crippen LogP contribution in [0.25, 0.3) is 0 Å². The van der Waals surface area contributed by atoms with Crippen molar-refractivity contribution in [3.63, 3.8) is 0 Å². The molecule has 1 aliphatic heterocycles. The fourth-order valence-corrected chi connectivity index (χ4v) is 2.42. The third-order valence-electron chi connectivity index (χ3n) is 3.42. The van der Waals surface area contributed by atoms with Crippen LogP contribution in [-0.2, 0) is 9.53 Å². The summed E-state index contributed by atoms with van der Waals surface area (Å²) in [4.78, 5) is 14.3. The fraction of sp³-hybridized carbons (Fsp3) is 0.500. The predicted octanol–water partition coefficient (Wildman–Crippen LogP) is 1.96. The Labute approximate surface area is 132 Å². The Morgan fingerprint density at radius 2 is 1.85 bits per heavy atom. The van der Waals surface area contributed by atoms with E-state index in [1.807, 2.05) is 31.2 Å². The molecule has 1 aromatic carbocycles. The molecule has 1 heterocycles. The maximum absolute atomic E-state index is 12.1. The van der Waals surface area contributed by atoms with Gasteiger partial charge in [0.25, 0.3) is 0 Å². The van der Waals surface area contributed by atoms with Gasteiger partial charge in [0.15, 0.2) is 0 Å². The molecule has 1 aliphatic rings. The smallest absolute Gasteiger partial charge is 0.327 e. The summed E-state index contributed by atoms with van der Waals surface area (Å²) < 4.78 is 4.97. The summed E-state index contributed by atoms with van der Waals surface area (Å²) in [6, 6.07) is 7.73. The van der Waals surface area contributed by atoms with Crippen molar-refractivity contribution in [2.75, 3.05) is 33.3 Å². The van der Waals surface area contributed by atoms with Crippen LogP contribution in [0.3, 0.4) is 0 Å². The first-order chi connectivity index (χ1) is 8.74. The molecule has 0 saturated carbocycles. The molecule has 0 bridgehead atoms. The van der Waals surface area contributed by atoms with Gasteiger partial charge in [0.2, 0.25) is 0 Å². The summed E-state index contributed by atoms with van der Waals surface area (Å²) in [6.07, 6.45) is 0. The molecular formula is C14H22Cl2N2O2. The molecule has 1 aromatic rings. The second kappa shape index (κ2) is 9.19. The molecule has 1 N–H and O–H groups in total. The molecule has 114 valence electrons. The van der Waals surface area contributed by atoms with E-state index in [9.17, 15) is 4.79 Å². The van der Waals surface area contributed by atoms with Gasteiger partial charge in [0.05, 0.1) is 7.11 Å². The Balaban J connectivity index is 0.00000180. The van der Waals surface area contributed by atoms with Crippen LogP contribution in [0.1, 0.15) is 17.2 Å². The minimum atomic E-state index is -0.279. The van der Waals surface area contributed by atoms with E-state index < -0.39 is 0 Å². The Hall–Kier alpha value is -0.810. The first kappa shape index (κ1) is 19.2. The van der Waals surface area contributed by atoms with Crippen LogP contribution in [0.2, 0.25) is 0 Å². The first-order valence-corrected chi connectivity index (χ1v) is 6.32. The number of esters is 1. The quantitative estimate of drug-likeness (QED) is 0.864. The number of nitrogens with one attached hydrogen (secondary N) is 1. The number of aryl methyl sites for hydroxylation is 1. The number of halogens is 2. The van der Waals surface area contributed by atoms with Crippen LogP contribution >= 0.6 is 24.8 Å². The van der Waals surface area contributed by atoms with Crippen molar-refractivity contribution in [2.24, 2.45) is 0 Å². The summed E-state index contributed by atoms with van der Waals surface area (Å²) in [5.41, 5.74) is 2.18. The Morgan fingerprint density at radius 1 is 1.25 bits per heavy atom. The Morgan fingerprint density at radius 3 is 2.40 bits per heavy atom. The highest BCUT2D eigenvalue weighted by Gasteiger charge is 2.30. The van der Waals surface area contributed by atoms with Crippen LogP contribution in [0.4, 0.5) is 0 Å². The molecule has 0 radical (unpaired) electrons. The van der Waals surface area contributed by atoms with Crippen molar-refractivity contribution < 1.29 is 9.53 Å². The molecule has 0 amide bonds. The molecule has 20 heavy (non-hydrogen) atoms. The number of benzene rings is 1. The van der Waals surface area contributed by atoms with Crippen molar-refractivity contribution in [3.8, 4) is 0 Å². The highest BCUT2D eigenvalue weighted by Crippen LogP contribution is 2.25. The van der Waals surface area contributed by atoms with E-state index in [0.29, 0.717) is 0 Å². The zero-order chi connectivity index (χ0) is 13.0. The van der Waals surface area contributed by atoms with Crippen LogP contribution < -0.4 is 5.32 Å². The molecule has 6 heteroatoms. The van der Waals surface area contributed by atoms with Crippen LogP contribution in [-0.4, -0.2) is 44.2 Å². The van der Waals surface area contributed by atoms with Crippen molar-refractivity contribution >= 4 is 30.8 Å². The van der Waals surface area contributed by atoms with E-state index >= 15 is 0 Å². The van der Waals surface area contributed by atoms with Gasteiger partial charge >= 0.3 is 5.97 Å². The van der Waals surface area contributed by atoms with Gasteiger partial charge in [-0.05, 0) is 18.1 Å². The molecule has 1 atom stereocenters. The fourth-order valence-electron chi connectivity index (χ4n) is 2.42. The number of methoxy groups -OCH3 is 1. The molecule has 2 rings (SSSR count). The molecule has 0 aromatic heterocycles. The van der Waals surface area contributed by atoms with E-state index in [0.717, 1.165) is 37.3 Å². The zero-order valence-corrected chi connectivity index (χ0v) is 13.4. The van der Waals surface area contributed by atoms with Crippen molar-refractivity contribution in [2.45, 2.75) is 13.0 Å². The number of nitrogens with zero attached hydrogens (tertiary/aromatic N) is 1. The molecule has 1 saturated heterocycles. The summed E-state index contributed by atoms with van der Waals surface area (Å²) in [6.45, 7) is 5.61. The SMILES string of the molecule is COC(=O)C(c1ccccc1C)N1CCNCC1.Cl.Cl. The number of carbonyl (C=O) groups excluding carboxylic acids is 1. The Kier molecular flexibility index (Phi) is 8.81. The standard InChI is InChI=1S/C14H20N2O2.2ClH/c1-11-5-3-4-6-12(11)13(14(17)18-2)16-9-7-15-8-10-16;;/h3-6,13,15H,7-10H2,1-2H3;2*1H. The monoisotopic (exact) mass is 320 g/mol. The Bertz CT molecular complexity index is 423. The highest BCUT2D eigenvalue weighted by atomic mass is 35.5. The lowest BCUT2D eigenvalue weighted by Gasteiger charge is -2.34. The van der Waals surface area contributed by atoms with Crippen LogP contribution in [0, 0.1) is 6.92 Å². The van der Waals surface area contributed by atoms with E-state index in [-0.39, 0.29) is 36.8 Å².